The van der Waals surface area contributed by atoms with Gasteiger partial charge >= 0.3 is 5.69 Å². The number of nitrogens with zero attached hydrogens (tertiary/aromatic N) is 1. The number of carbonyl (C=O) groups is 1. The average molecular weight is 390 g/mol. The number of aromatic amines is 1. The molecule has 138 valence electrons. The summed E-state index contributed by atoms with van der Waals surface area (Å²) in [6.07, 6.45) is 4.79. The van der Waals surface area contributed by atoms with Gasteiger partial charge in [0.25, 0.3) is 0 Å². The lowest BCUT2D eigenvalue weighted by molar-refractivity contribution is 0.104. The molecule has 2 heterocycles. The Morgan fingerprint density at radius 1 is 1.07 bits per heavy atom. The summed E-state index contributed by atoms with van der Waals surface area (Å²) in [6, 6.07) is 16.6. The van der Waals surface area contributed by atoms with E-state index in [1.807, 2.05) is 17.5 Å². The molecule has 0 fully saturated rings. The van der Waals surface area contributed by atoms with Crippen LogP contribution in [0.25, 0.3) is 22.3 Å². The fourth-order valence-corrected chi connectivity index (χ4v) is 3.49. The monoisotopic (exact) mass is 390 g/mol. The second kappa shape index (κ2) is 7.62. The first kappa shape index (κ1) is 17.9. The number of thiophene rings is 1. The van der Waals surface area contributed by atoms with E-state index >= 15 is 0 Å². The molecule has 0 saturated heterocycles. The SMILES string of the molecule is O=C(/C=C/c1ccc(F)cc1)c1cccc(-n2cc(-c3cccs3)[nH]c2=O)c1. The zero-order valence-electron chi connectivity index (χ0n) is 14.6. The first-order valence-corrected chi connectivity index (χ1v) is 9.42. The minimum absolute atomic E-state index is 0.201. The van der Waals surface area contributed by atoms with Crippen molar-refractivity contribution in [3.8, 4) is 16.3 Å². The van der Waals surface area contributed by atoms with Crippen molar-refractivity contribution < 1.29 is 9.18 Å². The van der Waals surface area contributed by atoms with Crippen LogP contribution < -0.4 is 5.69 Å². The quantitative estimate of drug-likeness (QED) is 0.388. The van der Waals surface area contributed by atoms with Gasteiger partial charge in [-0.05, 0) is 47.4 Å². The molecule has 2 aromatic heterocycles. The molecule has 0 amide bonds. The Morgan fingerprint density at radius 3 is 2.64 bits per heavy atom. The maximum atomic E-state index is 13.0. The molecule has 0 unspecified atom stereocenters. The van der Waals surface area contributed by atoms with Crippen molar-refractivity contribution in [3.63, 3.8) is 0 Å². The van der Waals surface area contributed by atoms with Crippen molar-refractivity contribution in [3.05, 3.63) is 106 Å². The summed E-state index contributed by atoms with van der Waals surface area (Å²) < 4.78 is 14.4. The molecule has 0 aliphatic rings. The summed E-state index contributed by atoms with van der Waals surface area (Å²) in [7, 11) is 0. The van der Waals surface area contributed by atoms with Gasteiger partial charge in [-0.1, -0.05) is 36.4 Å². The van der Waals surface area contributed by atoms with Crippen molar-refractivity contribution >= 4 is 23.2 Å². The van der Waals surface area contributed by atoms with Gasteiger partial charge in [0.05, 0.1) is 16.3 Å². The Hall–Kier alpha value is -3.51. The van der Waals surface area contributed by atoms with E-state index in [2.05, 4.69) is 4.98 Å². The molecular formula is C22H15FN2O2S. The maximum Gasteiger partial charge on any atom is 0.330 e. The third kappa shape index (κ3) is 3.77. The third-order valence-electron chi connectivity index (χ3n) is 4.21. The van der Waals surface area contributed by atoms with Crippen LogP contribution in [0.4, 0.5) is 4.39 Å². The molecule has 4 aromatic rings. The summed E-state index contributed by atoms with van der Waals surface area (Å²) in [5.74, 6) is -0.525. The van der Waals surface area contributed by atoms with Crippen LogP contribution in [0.1, 0.15) is 15.9 Å². The molecule has 2 aromatic carbocycles. The molecule has 4 rings (SSSR count). The van der Waals surface area contributed by atoms with Crippen LogP contribution in [-0.2, 0) is 0 Å². The normalized spacial score (nSPS) is 11.2. The van der Waals surface area contributed by atoms with Crippen LogP contribution in [0.15, 0.2) is 83.1 Å². The number of rotatable bonds is 5. The molecule has 28 heavy (non-hydrogen) atoms. The van der Waals surface area contributed by atoms with Gasteiger partial charge in [0.2, 0.25) is 0 Å². The van der Waals surface area contributed by atoms with E-state index in [1.54, 1.807) is 48.7 Å². The minimum atomic E-state index is -0.324. The number of allylic oxidation sites excluding steroid dienone is 1. The van der Waals surface area contributed by atoms with Crippen LogP contribution in [0, 0.1) is 5.82 Å². The molecule has 0 aliphatic carbocycles. The summed E-state index contributed by atoms with van der Waals surface area (Å²) in [5.41, 5.74) is 2.25. The first-order chi connectivity index (χ1) is 13.6. The second-order valence-corrected chi connectivity index (χ2v) is 7.07. The molecule has 0 aliphatic heterocycles. The lowest BCUT2D eigenvalue weighted by Gasteiger charge is -2.03. The van der Waals surface area contributed by atoms with Crippen LogP contribution in [0.3, 0.4) is 0 Å². The van der Waals surface area contributed by atoms with Gasteiger partial charge in [-0.25, -0.2) is 9.18 Å². The Morgan fingerprint density at radius 2 is 1.89 bits per heavy atom. The number of carbonyl (C=O) groups excluding carboxylic acids is 1. The molecule has 0 spiro atoms. The highest BCUT2D eigenvalue weighted by atomic mass is 32.1. The highest BCUT2D eigenvalue weighted by molar-refractivity contribution is 7.13. The average Bonchev–Trinajstić information content (AvgIpc) is 3.37. The third-order valence-corrected chi connectivity index (χ3v) is 5.11. The fraction of sp³-hybridized carbons (Fsp3) is 0. The predicted molar refractivity (Wildman–Crippen MR) is 109 cm³/mol. The van der Waals surface area contributed by atoms with Gasteiger partial charge in [-0.15, -0.1) is 11.3 Å². The highest BCUT2D eigenvalue weighted by Crippen LogP contribution is 2.22. The number of hydrogen-bond donors (Lipinski definition) is 1. The molecule has 0 saturated carbocycles. The zero-order chi connectivity index (χ0) is 19.5. The number of aromatic nitrogens is 2. The first-order valence-electron chi connectivity index (χ1n) is 8.54. The second-order valence-electron chi connectivity index (χ2n) is 6.12. The van der Waals surface area contributed by atoms with E-state index in [-0.39, 0.29) is 17.3 Å². The summed E-state index contributed by atoms with van der Waals surface area (Å²) >= 11 is 1.54. The van der Waals surface area contributed by atoms with Gasteiger partial charge < -0.3 is 4.98 Å². The number of hydrogen-bond acceptors (Lipinski definition) is 3. The van der Waals surface area contributed by atoms with Crippen molar-refractivity contribution in [2.75, 3.05) is 0 Å². The van der Waals surface area contributed by atoms with Gasteiger partial charge in [0, 0.05) is 11.8 Å². The van der Waals surface area contributed by atoms with Crippen LogP contribution in [-0.4, -0.2) is 15.3 Å². The largest absolute Gasteiger partial charge is 0.330 e. The van der Waals surface area contributed by atoms with E-state index in [0.29, 0.717) is 11.3 Å². The fourth-order valence-electron chi connectivity index (χ4n) is 2.80. The highest BCUT2D eigenvalue weighted by Gasteiger charge is 2.10. The molecule has 0 radical (unpaired) electrons. The Bertz CT molecular complexity index is 1200. The van der Waals surface area contributed by atoms with Crippen LogP contribution in [0.2, 0.25) is 0 Å². The lowest BCUT2D eigenvalue weighted by Crippen LogP contribution is -2.14. The van der Waals surface area contributed by atoms with E-state index in [9.17, 15) is 14.0 Å². The van der Waals surface area contributed by atoms with Gasteiger partial charge in [-0.2, -0.15) is 0 Å². The number of ketones is 1. The molecule has 0 bridgehead atoms. The lowest BCUT2D eigenvalue weighted by atomic mass is 10.1. The van der Waals surface area contributed by atoms with Gasteiger partial charge in [0.1, 0.15) is 5.82 Å². The van der Waals surface area contributed by atoms with Crippen molar-refractivity contribution in [2.45, 2.75) is 0 Å². The van der Waals surface area contributed by atoms with E-state index in [1.165, 1.54) is 34.1 Å². The van der Waals surface area contributed by atoms with Gasteiger partial charge in [0.15, 0.2) is 5.78 Å². The molecule has 1 N–H and O–H groups in total. The standard InChI is InChI=1S/C22H15FN2O2S/c23-17-9-6-15(7-10-17)8-11-20(26)16-3-1-4-18(13-16)25-14-19(24-22(25)27)21-5-2-12-28-21/h1-14H,(H,24,27)/b11-8+. The van der Waals surface area contributed by atoms with Gasteiger partial charge in [-0.3, -0.25) is 9.36 Å². The Balaban J connectivity index is 1.60. The van der Waals surface area contributed by atoms with Crippen LogP contribution in [0.5, 0.6) is 0 Å². The number of H-pyrrole nitrogens is 1. The molecule has 4 nitrogen and oxygen atoms in total. The molecule has 6 heteroatoms. The zero-order valence-corrected chi connectivity index (χ0v) is 15.4. The number of imidazole rings is 1. The molecule has 0 atom stereocenters. The van der Waals surface area contributed by atoms with E-state index in [0.717, 1.165) is 16.1 Å². The van der Waals surface area contributed by atoms with Crippen molar-refractivity contribution in [1.29, 1.82) is 0 Å². The number of halogens is 1. The van der Waals surface area contributed by atoms with Crippen molar-refractivity contribution in [1.82, 2.24) is 9.55 Å². The minimum Gasteiger partial charge on any atom is -0.305 e. The van der Waals surface area contributed by atoms with Crippen molar-refractivity contribution in [2.24, 2.45) is 0 Å². The number of benzene rings is 2. The summed E-state index contributed by atoms with van der Waals surface area (Å²) in [5, 5.41) is 1.94. The Kier molecular flexibility index (Phi) is 4.87. The Labute approximate surface area is 164 Å². The summed E-state index contributed by atoms with van der Waals surface area (Å²) in [4.78, 5) is 28.6. The van der Waals surface area contributed by atoms with Crippen LogP contribution >= 0.6 is 11.3 Å². The predicted octanol–water partition coefficient (Wildman–Crippen LogP) is 4.93. The molecular weight excluding hydrogens is 375 g/mol. The maximum absolute atomic E-state index is 13.0. The van der Waals surface area contributed by atoms with E-state index in [4.69, 9.17) is 0 Å². The van der Waals surface area contributed by atoms with E-state index < -0.39 is 0 Å². The summed E-state index contributed by atoms with van der Waals surface area (Å²) in [6.45, 7) is 0. The smallest absolute Gasteiger partial charge is 0.305 e. The topological polar surface area (TPSA) is 54.9 Å². The number of nitrogens with one attached hydrogen (secondary N) is 1.